The molecule has 0 aliphatic carbocycles. The second-order valence-corrected chi connectivity index (χ2v) is 9.34. The number of carbonyl (C=O) groups is 2. The van der Waals surface area contributed by atoms with Crippen molar-refractivity contribution in [3.8, 4) is 0 Å². The first-order valence-electron chi connectivity index (χ1n) is 12.3. The molecule has 0 spiro atoms. The van der Waals surface area contributed by atoms with Crippen molar-refractivity contribution >= 4 is 12.0 Å². The van der Waals surface area contributed by atoms with Crippen LogP contribution in [0.25, 0.3) is 0 Å². The van der Waals surface area contributed by atoms with Crippen LogP contribution in [0.3, 0.4) is 0 Å². The van der Waals surface area contributed by atoms with Crippen molar-refractivity contribution in [2.24, 2.45) is 5.92 Å². The molecule has 0 N–H and O–H groups in total. The fourth-order valence-electron chi connectivity index (χ4n) is 5.21. The lowest BCUT2D eigenvalue weighted by Gasteiger charge is -2.36. The summed E-state index contributed by atoms with van der Waals surface area (Å²) < 4.78 is 6.31. The molecular formula is C32H29NO3. The topological polar surface area (TPSA) is 46.6 Å². The molecule has 4 aromatic carbocycles. The first-order valence-corrected chi connectivity index (χ1v) is 12.3. The summed E-state index contributed by atoms with van der Waals surface area (Å²) >= 11 is 0. The van der Waals surface area contributed by atoms with Crippen molar-refractivity contribution in [3.05, 3.63) is 144 Å². The van der Waals surface area contributed by atoms with Crippen LogP contribution in [0.4, 0.5) is 4.79 Å². The molecule has 180 valence electrons. The van der Waals surface area contributed by atoms with E-state index < -0.39 is 17.7 Å². The Bertz CT molecular complexity index is 1270. The molecule has 1 aliphatic rings. The van der Waals surface area contributed by atoms with Gasteiger partial charge in [0.05, 0.1) is 6.04 Å². The van der Waals surface area contributed by atoms with Crippen LogP contribution >= 0.6 is 0 Å². The van der Waals surface area contributed by atoms with E-state index >= 15 is 0 Å². The van der Waals surface area contributed by atoms with E-state index in [2.05, 4.69) is 0 Å². The Morgan fingerprint density at radius 2 is 1.19 bits per heavy atom. The molecule has 1 unspecified atom stereocenters. The molecule has 2 atom stereocenters. The molecule has 1 saturated heterocycles. The molecule has 1 heterocycles. The van der Waals surface area contributed by atoms with Crippen LogP contribution in [0.1, 0.15) is 29.2 Å². The highest BCUT2D eigenvalue weighted by molar-refractivity contribution is 5.96. The second kappa shape index (κ2) is 10.2. The molecule has 4 heteroatoms. The van der Waals surface area contributed by atoms with Gasteiger partial charge in [-0.3, -0.25) is 4.79 Å². The van der Waals surface area contributed by atoms with E-state index in [1.165, 1.54) is 4.90 Å². The summed E-state index contributed by atoms with van der Waals surface area (Å²) in [5, 5.41) is 0. The Morgan fingerprint density at radius 1 is 0.750 bits per heavy atom. The van der Waals surface area contributed by atoms with E-state index in [0.29, 0.717) is 12.8 Å². The van der Waals surface area contributed by atoms with Crippen LogP contribution in [0.2, 0.25) is 0 Å². The van der Waals surface area contributed by atoms with Gasteiger partial charge in [-0.2, -0.15) is 0 Å². The molecule has 1 aliphatic heterocycles. The first-order chi connectivity index (χ1) is 17.6. The number of ether oxygens (including phenoxy) is 1. The predicted octanol–water partition coefficient (Wildman–Crippen LogP) is 6.40. The zero-order valence-electron chi connectivity index (χ0n) is 20.3. The minimum absolute atomic E-state index is 0.224. The number of cyclic esters (lactones) is 1. The SMILES string of the molecule is CC(Cc1ccccc1)C(=O)N1C(=O)OC(c2ccccc2)(c2ccccc2)[C@H]1Cc1ccccc1. The summed E-state index contributed by atoms with van der Waals surface area (Å²) in [6.07, 6.45) is 0.416. The van der Waals surface area contributed by atoms with E-state index in [1.807, 2.05) is 128 Å². The average Bonchev–Trinajstić information content (AvgIpc) is 3.22. The molecule has 4 nitrogen and oxygen atoms in total. The lowest BCUT2D eigenvalue weighted by Crippen LogP contribution is -2.49. The van der Waals surface area contributed by atoms with E-state index in [4.69, 9.17) is 4.74 Å². The number of hydrogen-bond donors (Lipinski definition) is 0. The molecule has 0 radical (unpaired) electrons. The number of benzene rings is 4. The summed E-state index contributed by atoms with van der Waals surface area (Å²) in [5.74, 6) is -0.612. The number of imide groups is 1. The molecule has 0 aromatic heterocycles. The molecule has 2 amide bonds. The maximum Gasteiger partial charge on any atom is 0.418 e. The Labute approximate surface area is 212 Å². The molecular weight excluding hydrogens is 446 g/mol. The van der Waals surface area contributed by atoms with Crippen molar-refractivity contribution in [1.29, 1.82) is 0 Å². The van der Waals surface area contributed by atoms with Crippen LogP contribution in [0.5, 0.6) is 0 Å². The molecule has 1 fully saturated rings. The van der Waals surface area contributed by atoms with Gasteiger partial charge in [0.2, 0.25) is 5.91 Å². The van der Waals surface area contributed by atoms with Crippen molar-refractivity contribution in [1.82, 2.24) is 4.90 Å². The van der Waals surface area contributed by atoms with Gasteiger partial charge in [-0.25, -0.2) is 9.69 Å². The number of rotatable bonds is 7. The van der Waals surface area contributed by atoms with Gasteiger partial charge < -0.3 is 4.74 Å². The van der Waals surface area contributed by atoms with Gasteiger partial charge in [0.25, 0.3) is 0 Å². The minimum atomic E-state index is -1.13. The Hall–Kier alpha value is -4.18. The second-order valence-electron chi connectivity index (χ2n) is 9.34. The fraction of sp³-hybridized carbons (Fsp3) is 0.188. The molecule has 4 aromatic rings. The van der Waals surface area contributed by atoms with Crippen molar-refractivity contribution in [2.45, 2.75) is 31.4 Å². The van der Waals surface area contributed by atoms with Crippen molar-refractivity contribution in [2.75, 3.05) is 0 Å². The van der Waals surface area contributed by atoms with Crippen LogP contribution in [-0.2, 0) is 28.0 Å². The molecule has 0 bridgehead atoms. The van der Waals surface area contributed by atoms with Gasteiger partial charge in [0.1, 0.15) is 0 Å². The molecule has 0 saturated carbocycles. The monoisotopic (exact) mass is 475 g/mol. The van der Waals surface area contributed by atoms with Gasteiger partial charge >= 0.3 is 6.09 Å². The van der Waals surface area contributed by atoms with Crippen LogP contribution in [0.15, 0.2) is 121 Å². The Balaban J connectivity index is 1.61. The third-order valence-corrected chi connectivity index (χ3v) is 6.95. The van der Waals surface area contributed by atoms with Crippen molar-refractivity contribution < 1.29 is 14.3 Å². The Kier molecular flexibility index (Phi) is 6.68. The quantitative estimate of drug-likeness (QED) is 0.311. The van der Waals surface area contributed by atoms with Crippen LogP contribution in [-0.4, -0.2) is 22.9 Å². The number of carbonyl (C=O) groups excluding carboxylic acids is 2. The smallest absolute Gasteiger partial charge is 0.418 e. The third-order valence-electron chi connectivity index (χ3n) is 6.95. The zero-order chi connectivity index (χ0) is 25.0. The van der Waals surface area contributed by atoms with Crippen molar-refractivity contribution in [3.63, 3.8) is 0 Å². The van der Waals surface area contributed by atoms with Gasteiger partial charge in [-0.15, -0.1) is 0 Å². The maximum absolute atomic E-state index is 13.9. The highest BCUT2D eigenvalue weighted by Crippen LogP contribution is 2.46. The number of hydrogen-bond acceptors (Lipinski definition) is 3. The molecule has 5 rings (SSSR count). The van der Waals surface area contributed by atoms with E-state index in [1.54, 1.807) is 0 Å². The van der Waals surface area contributed by atoms with Crippen LogP contribution in [0, 0.1) is 5.92 Å². The lowest BCUT2D eigenvalue weighted by molar-refractivity contribution is -0.133. The minimum Gasteiger partial charge on any atom is -0.430 e. The van der Waals surface area contributed by atoms with Gasteiger partial charge in [-0.1, -0.05) is 128 Å². The predicted molar refractivity (Wildman–Crippen MR) is 140 cm³/mol. The standard InChI is InChI=1S/C32H29NO3/c1-24(22-25-14-6-2-7-15-25)30(34)33-29(23-26-16-8-3-9-17-26)32(36-31(33)35,27-18-10-4-11-19-27)28-20-12-5-13-21-28/h2-21,24,29H,22-23H2,1H3/t24?,29-/m1/s1. The average molecular weight is 476 g/mol. The maximum atomic E-state index is 13.9. The normalized spacial score (nSPS) is 17.4. The first kappa shape index (κ1) is 23.6. The Morgan fingerprint density at radius 3 is 1.69 bits per heavy atom. The molecule has 36 heavy (non-hydrogen) atoms. The highest BCUT2D eigenvalue weighted by Gasteiger charge is 2.58. The lowest BCUT2D eigenvalue weighted by atomic mass is 9.77. The van der Waals surface area contributed by atoms with E-state index in [9.17, 15) is 9.59 Å². The number of nitrogens with zero attached hydrogens (tertiary/aromatic N) is 1. The summed E-state index contributed by atoms with van der Waals surface area (Å²) in [5.41, 5.74) is 2.65. The van der Waals surface area contributed by atoms with Crippen LogP contribution < -0.4 is 0 Å². The summed E-state index contributed by atoms with van der Waals surface area (Å²) in [7, 11) is 0. The van der Waals surface area contributed by atoms with Gasteiger partial charge in [0.15, 0.2) is 5.60 Å². The van der Waals surface area contributed by atoms with Gasteiger partial charge in [0, 0.05) is 17.0 Å². The van der Waals surface area contributed by atoms with E-state index in [-0.39, 0.29) is 11.8 Å². The summed E-state index contributed by atoms with van der Waals surface area (Å²) in [6.45, 7) is 1.88. The number of amides is 2. The summed E-state index contributed by atoms with van der Waals surface area (Å²) in [4.78, 5) is 28.9. The summed E-state index contributed by atoms with van der Waals surface area (Å²) in [6, 6.07) is 38.8. The third kappa shape index (κ3) is 4.42. The largest absolute Gasteiger partial charge is 0.430 e. The van der Waals surface area contributed by atoms with E-state index in [0.717, 1.165) is 22.3 Å². The van der Waals surface area contributed by atoms with Gasteiger partial charge in [-0.05, 0) is 24.0 Å². The highest BCUT2D eigenvalue weighted by atomic mass is 16.6. The fourth-order valence-corrected chi connectivity index (χ4v) is 5.21. The zero-order valence-corrected chi connectivity index (χ0v) is 20.3.